The van der Waals surface area contributed by atoms with Gasteiger partial charge in [0.25, 0.3) is 0 Å². The normalized spacial score (nSPS) is 11.3. The van der Waals surface area contributed by atoms with Crippen LogP contribution in [0.5, 0.6) is 5.75 Å². The van der Waals surface area contributed by atoms with Gasteiger partial charge >= 0.3 is 5.97 Å². The largest absolute Gasteiger partial charge is 0.494 e. The second-order valence-electron chi connectivity index (χ2n) is 5.52. The Balaban J connectivity index is 3.26. The Hall–Kier alpha value is -1.51. The summed E-state index contributed by atoms with van der Waals surface area (Å²) in [5, 5.41) is 0. The zero-order valence-corrected chi connectivity index (χ0v) is 12.8. The molecule has 0 aliphatic heterocycles. The molecule has 0 saturated heterocycles. The second kappa shape index (κ2) is 6.09. The van der Waals surface area contributed by atoms with E-state index < -0.39 is 0 Å². The van der Waals surface area contributed by atoms with Crippen LogP contribution >= 0.6 is 0 Å². The molecule has 0 bridgehead atoms. The van der Waals surface area contributed by atoms with Crippen LogP contribution in [-0.4, -0.2) is 19.7 Å². The molecular formula is C16H24O3. The lowest BCUT2D eigenvalue weighted by Crippen LogP contribution is -2.25. The van der Waals surface area contributed by atoms with Crippen molar-refractivity contribution >= 4 is 5.97 Å². The summed E-state index contributed by atoms with van der Waals surface area (Å²) in [5.41, 5.74) is 3.09. The summed E-state index contributed by atoms with van der Waals surface area (Å²) in [6.07, 6.45) is 0.341. The molecule has 3 heteroatoms. The van der Waals surface area contributed by atoms with Gasteiger partial charge < -0.3 is 9.47 Å². The van der Waals surface area contributed by atoms with Crippen LogP contribution in [0.1, 0.15) is 43.9 Å². The monoisotopic (exact) mass is 264 g/mol. The number of carbonyl (C=O) groups excluding carboxylic acids is 1. The number of ether oxygens (including phenoxy) is 2. The minimum absolute atomic E-state index is 0.201. The number of rotatable bonds is 5. The molecule has 0 unspecified atom stereocenters. The average Bonchev–Trinajstić information content (AvgIpc) is 2.27. The van der Waals surface area contributed by atoms with Crippen LogP contribution in [0.3, 0.4) is 0 Å². The molecule has 1 aromatic rings. The van der Waals surface area contributed by atoms with Crippen LogP contribution in [0.2, 0.25) is 0 Å². The van der Waals surface area contributed by atoms with Crippen molar-refractivity contribution in [3.63, 3.8) is 0 Å². The molecule has 106 valence electrons. The maximum Gasteiger partial charge on any atom is 0.306 e. The van der Waals surface area contributed by atoms with Crippen molar-refractivity contribution in [1.82, 2.24) is 0 Å². The molecule has 0 atom stereocenters. The van der Waals surface area contributed by atoms with Gasteiger partial charge in [0.15, 0.2) is 0 Å². The first-order valence-corrected chi connectivity index (χ1v) is 6.63. The van der Waals surface area contributed by atoms with E-state index in [-0.39, 0.29) is 11.4 Å². The molecule has 0 aromatic heterocycles. The number of esters is 1. The molecule has 0 N–H and O–H groups in total. The Bertz CT molecular complexity index is 461. The van der Waals surface area contributed by atoms with E-state index in [9.17, 15) is 4.79 Å². The highest BCUT2D eigenvalue weighted by Crippen LogP contribution is 2.38. The maximum atomic E-state index is 11.6. The molecule has 0 heterocycles. The Labute approximate surface area is 115 Å². The maximum absolute atomic E-state index is 11.6. The molecule has 1 rings (SSSR count). The summed E-state index contributed by atoms with van der Waals surface area (Å²) in [7, 11) is 1.42. The first kappa shape index (κ1) is 15.5. The fourth-order valence-electron chi connectivity index (χ4n) is 2.59. The van der Waals surface area contributed by atoms with Crippen molar-refractivity contribution in [2.75, 3.05) is 13.7 Å². The van der Waals surface area contributed by atoms with Gasteiger partial charge in [-0.2, -0.15) is 0 Å². The molecule has 0 aliphatic carbocycles. The average molecular weight is 264 g/mol. The summed E-state index contributed by atoms with van der Waals surface area (Å²) in [4.78, 5) is 11.6. The van der Waals surface area contributed by atoms with Gasteiger partial charge in [-0.05, 0) is 38.0 Å². The van der Waals surface area contributed by atoms with E-state index in [4.69, 9.17) is 9.47 Å². The number of aryl methyl sites for hydroxylation is 2. The zero-order valence-electron chi connectivity index (χ0n) is 12.8. The van der Waals surface area contributed by atoms with Crippen molar-refractivity contribution in [2.24, 2.45) is 0 Å². The first-order chi connectivity index (χ1) is 8.81. The predicted molar refractivity (Wildman–Crippen MR) is 76.7 cm³/mol. The lowest BCUT2D eigenvalue weighted by molar-refractivity contribution is -0.141. The molecule has 0 aliphatic rings. The van der Waals surface area contributed by atoms with Crippen molar-refractivity contribution in [1.29, 1.82) is 0 Å². The Kier molecular flexibility index (Phi) is 4.98. The van der Waals surface area contributed by atoms with Gasteiger partial charge in [-0.3, -0.25) is 4.79 Å². The van der Waals surface area contributed by atoms with Gasteiger partial charge in [-0.25, -0.2) is 0 Å². The molecule has 0 amide bonds. The first-order valence-electron chi connectivity index (χ1n) is 6.63. The molecular weight excluding hydrogens is 240 g/mol. The SMILES string of the molecule is CCOc1cc(C)cc(C)c1C(C)(C)CC(=O)OC. The van der Waals surface area contributed by atoms with Crippen LogP contribution in [0, 0.1) is 13.8 Å². The van der Waals surface area contributed by atoms with Gasteiger partial charge in [-0.15, -0.1) is 0 Å². The molecule has 0 saturated carbocycles. The van der Waals surface area contributed by atoms with Crippen molar-refractivity contribution in [2.45, 2.75) is 46.5 Å². The van der Waals surface area contributed by atoms with E-state index in [1.807, 2.05) is 33.8 Å². The number of hydrogen-bond acceptors (Lipinski definition) is 3. The Morgan fingerprint density at radius 3 is 2.42 bits per heavy atom. The summed E-state index contributed by atoms with van der Waals surface area (Å²) in [6, 6.07) is 4.15. The minimum atomic E-state index is -0.310. The van der Waals surface area contributed by atoms with E-state index in [2.05, 4.69) is 13.0 Å². The van der Waals surface area contributed by atoms with E-state index >= 15 is 0 Å². The van der Waals surface area contributed by atoms with E-state index in [1.165, 1.54) is 12.7 Å². The summed E-state index contributed by atoms with van der Waals surface area (Å²) < 4.78 is 10.5. The topological polar surface area (TPSA) is 35.5 Å². The number of benzene rings is 1. The van der Waals surface area contributed by atoms with Gasteiger partial charge in [-0.1, -0.05) is 19.9 Å². The molecule has 1 aromatic carbocycles. The van der Waals surface area contributed by atoms with Crippen molar-refractivity contribution in [3.05, 3.63) is 28.8 Å². The van der Waals surface area contributed by atoms with Crippen molar-refractivity contribution in [3.8, 4) is 5.75 Å². The van der Waals surface area contributed by atoms with E-state index in [0.717, 1.165) is 16.9 Å². The van der Waals surface area contributed by atoms with Gasteiger partial charge in [0, 0.05) is 11.0 Å². The highest BCUT2D eigenvalue weighted by atomic mass is 16.5. The molecule has 3 nitrogen and oxygen atoms in total. The van der Waals surface area contributed by atoms with Gasteiger partial charge in [0.05, 0.1) is 20.1 Å². The highest BCUT2D eigenvalue weighted by molar-refractivity contribution is 5.71. The number of hydrogen-bond donors (Lipinski definition) is 0. The van der Waals surface area contributed by atoms with E-state index in [1.54, 1.807) is 0 Å². The standard InChI is InChI=1S/C16H24O3/c1-7-19-13-9-11(2)8-12(3)15(13)16(4,5)10-14(17)18-6/h8-9H,7,10H2,1-6H3. The summed E-state index contributed by atoms with van der Waals surface area (Å²) in [6.45, 7) is 10.8. The third-order valence-electron chi connectivity index (χ3n) is 3.23. The smallest absolute Gasteiger partial charge is 0.306 e. The quantitative estimate of drug-likeness (QED) is 0.763. The molecule has 0 radical (unpaired) electrons. The number of carbonyl (C=O) groups is 1. The van der Waals surface area contributed by atoms with Crippen LogP contribution in [-0.2, 0) is 14.9 Å². The van der Waals surface area contributed by atoms with Crippen LogP contribution in [0.4, 0.5) is 0 Å². The highest BCUT2D eigenvalue weighted by Gasteiger charge is 2.29. The van der Waals surface area contributed by atoms with Crippen LogP contribution in [0.25, 0.3) is 0 Å². The Morgan fingerprint density at radius 2 is 1.89 bits per heavy atom. The van der Waals surface area contributed by atoms with Crippen molar-refractivity contribution < 1.29 is 14.3 Å². The third-order valence-corrected chi connectivity index (χ3v) is 3.23. The lowest BCUT2D eigenvalue weighted by Gasteiger charge is -2.28. The minimum Gasteiger partial charge on any atom is -0.494 e. The summed E-state index contributed by atoms with van der Waals surface area (Å²) in [5.74, 6) is 0.668. The number of methoxy groups -OCH3 is 1. The van der Waals surface area contributed by atoms with Crippen LogP contribution in [0.15, 0.2) is 12.1 Å². The van der Waals surface area contributed by atoms with E-state index in [0.29, 0.717) is 13.0 Å². The molecule has 0 spiro atoms. The van der Waals surface area contributed by atoms with Crippen LogP contribution < -0.4 is 4.74 Å². The fourth-order valence-corrected chi connectivity index (χ4v) is 2.59. The third kappa shape index (κ3) is 3.72. The second-order valence-corrected chi connectivity index (χ2v) is 5.52. The lowest BCUT2D eigenvalue weighted by atomic mass is 9.78. The zero-order chi connectivity index (χ0) is 14.6. The molecule has 19 heavy (non-hydrogen) atoms. The predicted octanol–water partition coefficient (Wildman–Crippen LogP) is 3.54. The Morgan fingerprint density at radius 1 is 1.26 bits per heavy atom. The molecule has 0 fully saturated rings. The summed E-state index contributed by atoms with van der Waals surface area (Å²) >= 11 is 0. The fraction of sp³-hybridized carbons (Fsp3) is 0.562. The van der Waals surface area contributed by atoms with Gasteiger partial charge in [0.2, 0.25) is 0 Å². The van der Waals surface area contributed by atoms with Gasteiger partial charge in [0.1, 0.15) is 5.75 Å².